The summed E-state index contributed by atoms with van der Waals surface area (Å²) in [7, 11) is 1.87. The Bertz CT molecular complexity index is 360. The Morgan fingerprint density at radius 3 is 3.00 bits per heavy atom. The van der Waals surface area contributed by atoms with Crippen molar-refractivity contribution in [2.45, 2.75) is 13.3 Å². The Morgan fingerprint density at radius 2 is 2.38 bits per heavy atom. The fourth-order valence-electron chi connectivity index (χ4n) is 1.19. The van der Waals surface area contributed by atoms with Crippen molar-refractivity contribution < 1.29 is 9.53 Å². The first-order valence-corrected chi connectivity index (χ1v) is 5.76. The zero-order valence-corrected chi connectivity index (χ0v) is 10.9. The van der Waals surface area contributed by atoms with E-state index in [9.17, 15) is 4.79 Å². The van der Waals surface area contributed by atoms with E-state index in [0.29, 0.717) is 19.6 Å². The minimum Gasteiger partial charge on any atom is -0.466 e. The fourth-order valence-corrected chi connectivity index (χ4v) is 1.71. The molecule has 0 unspecified atom stereocenters. The summed E-state index contributed by atoms with van der Waals surface area (Å²) in [4.78, 5) is 21.0. The van der Waals surface area contributed by atoms with Crippen molar-refractivity contribution in [1.29, 1.82) is 0 Å². The summed E-state index contributed by atoms with van der Waals surface area (Å²) < 4.78 is 5.66. The summed E-state index contributed by atoms with van der Waals surface area (Å²) in [6.45, 7) is 2.77. The third-order valence-electron chi connectivity index (χ3n) is 1.97. The van der Waals surface area contributed by atoms with Crippen molar-refractivity contribution in [2.24, 2.45) is 0 Å². The van der Waals surface area contributed by atoms with Gasteiger partial charge in [-0.15, -0.1) is 0 Å². The maximum absolute atomic E-state index is 11.2. The molecule has 1 aromatic rings. The second-order valence-electron chi connectivity index (χ2n) is 3.17. The van der Waals surface area contributed by atoms with Crippen LogP contribution in [0.2, 0.25) is 0 Å². The summed E-state index contributed by atoms with van der Waals surface area (Å²) >= 11 is 3.35. The summed E-state index contributed by atoms with van der Waals surface area (Å²) in [6.07, 6.45) is 3.49. The lowest BCUT2D eigenvalue weighted by Crippen LogP contribution is -2.23. The van der Waals surface area contributed by atoms with Crippen LogP contribution in [-0.4, -0.2) is 36.1 Å². The summed E-state index contributed by atoms with van der Waals surface area (Å²) in [5, 5.41) is 0. The molecule has 0 bridgehead atoms. The highest BCUT2D eigenvalue weighted by Gasteiger charge is 2.09. The van der Waals surface area contributed by atoms with Gasteiger partial charge in [-0.25, -0.2) is 9.97 Å². The number of carbonyl (C=O) groups excluding carboxylic acids is 1. The van der Waals surface area contributed by atoms with Crippen LogP contribution in [0.4, 0.5) is 5.82 Å². The summed E-state index contributed by atoms with van der Waals surface area (Å²) in [5.74, 6) is 0.568. The standard InChI is InChI=1S/C10H14BrN3O2/c1-3-16-9(15)4-5-14(2)10-8(11)6-12-7-13-10/h6-7H,3-5H2,1-2H3. The van der Waals surface area contributed by atoms with Crippen molar-refractivity contribution in [2.75, 3.05) is 25.1 Å². The molecule has 88 valence electrons. The number of esters is 1. The van der Waals surface area contributed by atoms with E-state index >= 15 is 0 Å². The number of carbonyl (C=O) groups is 1. The normalized spacial score (nSPS) is 9.94. The molecule has 1 rings (SSSR count). The van der Waals surface area contributed by atoms with Crippen molar-refractivity contribution >= 4 is 27.7 Å². The van der Waals surface area contributed by atoms with Crippen LogP contribution >= 0.6 is 15.9 Å². The van der Waals surface area contributed by atoms with Gasteiger partial charge in [0.05, 0.1) is 17.5 Å². The predicted octanol–water partition coefficient (Wildman–Crippen LogP) is 1.63. The number of hydrogen-bond donors (Lipinski definition) is 0. The first-order chi connectivity index (χ1) is 7.65. The Hall–Kier alpha value is -1.17. The maximum atomic E-state index is 11.2. The van der Waals surface area contributed by atoms with Crippen molar-refractivity contribution in [1.82, 2.24) is 9.97 Å². The highest BCUT2D eigenvalue weighted by atomic mass is 79.9. The monoisotopic (exact) mass is 287 g/mol. The lowest BCUT2D eigenvalue weighted by Gasteiger charge is -2.18. The number of ether oxygens (including phenoxy) is 1. The molecule has 1 heterocycles. The molecule has 6 heteroatoms. The van der Waals surface area contributed by atoms with Gasteiger partial charge in [0.2, 0.25) is 0 Å². The van der Waals surface area contributed by atoms with Crippen LogP contribution in [0.1, 0.15) is 13.3 Å². The number of aromatic nitrogens is 2. The molecule has 0 spiro atoms. The van der Waals surface area contributed by atoms with Gasteiger partial charge in [0.1, 0.15) is 12.1 Å². The average molecular weight is 288 g/mol. The molecule has 0 radical (unpaired) electrons. The quantitative estimate of drug-likeness (QED) is 0.771. The highest BCUT2D eigenvalue weighted by Crippen LogP contribution is 2.20. The first-order valence-electron chi connectivity index (χ1n) is 4.97. The molecular weight excluding hydrogens is 274 g/mol. The number of halogens is 1. The van der Waals surface area contributed by atoms with E-state index in [1.807, 2.05) is 11.9 Å². The van der Waals surface area contributed by atoms with Gasteiger partial charge in [0.25, 0.3) is 0 Å². The van der Waals surface area contributed by atoms with Crippen LogP contribution in [0.3, 0.4) is 0 Å². The molecular formula is C10H14BrN3O2. The molecule has 5 nitrogen and oxygen atoms in total. The topological polar surface area (TPSA) is 55.3 Å². The van der Waals surface area contributed by atoms with E-state index in [2.05, 4.69) is 25.9 Å². The van der Waals surface area contributed by atoms with Gasteiger partial charge in [0, 0.05) is 19.8 Å². The second-order valence-corrected chi connectivity index (χ2v) is 4.03. The third-order valence-corrected chi connectivity index (χ3v) is 2.53. The molecule has 0 aromatic carbocycles. The van der Waals surface area contributed by atoms with Crippen LogP contribution in [0.25, 0.3) is 0 Å². The van der Waals surface area contributed by atoms with Gasteiger partial charge >= 0.3 is 5.97 Å². The number of nitrogens with zero attached hydrogens (tertiary/aromatic N) is 3. The van der Waals surface area contributed by atoms with Gasteiger partial charge in [-0.05, 0) is 22.9 Å². The SMILES string of the molecule is CCOC(=O)CCN(C)c1ncncc1Br. The van der Waals surface area contributed by atoms with E-state index in [1.54, 1.807) is 13.1 Å². The lowest BCUT2D eigenvalue weighted by atomic mass is 10.4. The maximum Gasteiger partial charge on any atom is 0.307 e. The molecule has 0 aliphatic heterocycles. The number of anilines is 1. The lowest BCUT2D eigenvalue weighted by molar-refractivity contribution is -0.142. The van der Waals surface area contributed by atoms with Crippen LogP contribution in [0, 0.1) is 0 Å². The largest absolute Gasteiger partial charge is 0.466 e. The predicted molar refractivity (Wildman–Crippen MR) is 64.3 cm³/mol. The minimum atomic E-state index is -0.195. The van der Waals surface area contributed by atoms with Gasteiger partial charge in [0.15, 0.2) is 0 Å². The second kappa shape index (κ2) is 6.42. The van der Waals surface area contributed by atoms with E-state index in [1.165, 1.54) is 6.33 Å². The van der Waals surface area contributed by atoms with E-state index in [-0.39, 0.29) is 5.97 Å². The number of rotatable bonds is 5. The van der Waals surface area contributed by atoms with Gasteiger partial charge in [-0.2, -0.15) is 0 Å². The number of hydrogen-bond acceptors (Lipinski definition) is 5. The molecule has 0 atom stereocenters. The smallest absolute Gasteiger partial charge is 0.307 e. The van der Waals surface area contributed by atoms with E-state index in [4.69, 9.17) is 4.74 Å². The molecule has 0 aliphatic rings. The molecule has 0 amide bonds. The van der Waals surface area contributed by atoms with Crippen LogP contribution in [0.15, 0.2) is 17.0 Å². The van der Waals surface area contributed by atoms with Crippen molar-refractivity contribution in [3.05, 3.63) is 17.0 Å². The molecule has 0 fully saturated rings. The Morgan fingerprint density at radius 1 is 1.62 bits per heavy atom. The third kappa shape index (κ3) is 3.77. The first kappa shape index (κ1) is 12.9. The van der Waals surface area contributed by atoms with E-state index in [0.717, 1.165) is 10.3 Å². The Labute approximate surface area is 103 Å². The molecule has 16 heavy (non-hydrogen) atoms. The Kier molecular flexibility index (Phi) is 5.18. The zero-order valence-electron chi connectivity index (χ0n) is 9.31. The average Bonchev–Trinajstić information content (AvgIpc) is 2.27. The van der Waals surface area contributed by atoms with E-state index < -0.39 is 0 Å². The Balaban J connectivity index is 2.50. The van der Waals surface area contributed by atoms with Crippen LogP contribution in [-0.2, 0) is 9.53 Å². The van der Waals surface area contributed by atoms with Crippen LogP contribution < -0.4 is 4.90 Å². The zero-order chi connectivity index (χ0) is 12.0. The van der Waals surface area contributed by atoms with Gasteiger partial charge in [-0.1, -0.05) is 0 Å². The highest BCUT2D eigenvalue weighted by molar-refractivity contribution is 9.10. The fraction of sp³-hybridized carbons (Fsp3) is 0.500. The molecule has 0 N–H and O–H groups in total. The molecule has 0 saturated heterocycles. The minimum absolute atomic E-state index is 0.195. The van der Waals surface area contributed by atoms with Gasteiger partial charge in [-0.3, -0.25) is 4.79 Å². The van der Waals surface area contributed by atoms with Gasteiger partial charge < -0.3 is 9.64 Å². The van der Waals surface area contributed by atoms with Crippen molar-refractivity contribution in [3.8, 4) is 0 Å². The summed E-state index contributed by atoms with van der Waals surface area (Å²) in [6, 6.07) is 0. The van der Waals surface area contributed by atoms with Crippen molar-refractivity contribution in [3.63, 3.8) is 0 Å². The van der Waals surface area contributed by atoms with Crippen LogP contribution in [0.5, 0.6) is 0 Å². The molecule has 1 aromatic heterocycles. The summed E-state index contributed by atoms with van der Waals surface area (Å²) in [5.41, 5.74) is 0. The molecule has 0 saturated carbocycles. The molecule has 0 aliphatic carbocycles.